The third kappa shape index (κ3) is 2.01. The summed E-state index contributed by atoms with van der Waals surface area (Å²) >= 11 is 3.77. The highest BCUT2D eigenvalue weighted by molar-refractivity contribution is 9.09. The van der Waals surface area contributed by atoms with E-state index in [1.165, 1.54) is 45.3 Å². The van der Waals surface area contributed by atoms with Crippen molar-refractivity contribution >= 4 is 15.9 Å². The molecule has 14 heavy (non-hydrogen) atoms. The van der Waals surface area contributed by atoms with Crippen LogP contribution in [0.1, 0.15) is 39.5 Å². The molecule has 82 valence electrons. The molecular formula is C12H22BrN. The zero-order chi connectivity index (χ0) is 10.2. The van der Waals surface area contributed by atoms with Crippen LogP contribution in [0.3, 0.4) is 0 Å². The second-order valence-electron chi connectivity index (χ2n) is 5.39. The SMILES string of the molecule is CCC1(CN2CC(C)C(Br)C2)CCC1. The minimum absolute atomic E-state index is 0.705. The second kappa shape index (κ2) is 4.13. The number of hydrogen-bond donors (Lipinski definition) is 0. The van der Waals surface area contributed by atoms with Gasteiger partial charge in [0.15, 0.2) is 0 Å². The summed E-state index contributed by atoms with van der Waals surface area (Å²) in [4.78, 5) is 3.41. The van der Waals surface area contributed by atoms with Crippen LogP contribution in [-0.4, -0.2) is 29.4 Å². The minimum atomic E-state index is 0.705. The molecule has 0 N–H and O–H groups in total. The Bertz CT molecular complexity index is 185. The molecule has 2 atom stereocenters. The van der Waals surface area contributed by atoms with Crippen molar-refractivity contribution in [3.8, 4) is 0 Å². The number of alkyl halides is 1. The predicted octanol–water partition coefficient (Wildman–Crippen LogP) is 3.28. The van der Waals surface area contributed by atoms with E-state index in [1.807, 2.05) is 0 Å². The third-order valence-corrected chi connectivity index (χ3v) is 5.51. The molecular weight excluding hydrogens is 238 g/mol. The van der Waals surface area contributed by atoms with Crippen LogP contribution in [-0.2, 0) is 0 Å². The Kier molecular flexibility index (Phi) is 3.23. The maximum atomic E-state index is 3.77. The van der Waals surface area contributed by atoms with E-state index in [2.05, 4.69) is 34.7 Å². The standard InChI is InChI=1S/C12H22BrN/c1-3-12(5-4-6-12)9-14-7-10(2)11(13)8-14/h10-11H,3-9H2,1-2H3. The number of hydrogen-bond acceptors (Lipinski definition) is 1. The maximum Gasteiger partial charge on any atom is 0.0310 e. The van der Waals surface area contributed by atoms with Crippen LogP contribution in [0.4, 0.5) is 0 Å². The van der Waals surface area contributed by atoms with Crippen molar-refractivity contribution in [1.82, 2.24) is 4.90 Å². The van der Waals surface area contributed by atoms with Gasteiger partial charge in [0.2, 0.25) is 0 Å². The normalized spacial score (nSPS) is 37.1. The van der Waals surface area contributed by atoms with Crippen LogP contribution in [0.15, 0.2) is 0 Å². The van der Waals surface area contributed by atoms with Gasteiger partial charge in [0, 0.05) is 24.5 Å². The Morgan fingerprint density at radius 3 is 2.43 bits per heavy atom. The van der Waals surface area contributed by atoms with Crippen LogP contribution in [0.2, 0.25) is 0 Å². The summed E-state index contributed by atoms with van der Waals surface area (Å²) in [6.07, 6.45) is 5.79. The molecule has 2 aliphatic rings. The summed E-state index contributed by atoms with van der Waals surface area (Å²) < 4.78 is 0. The Hall–Kier alpha value is 0.440. The van der Waals surface area contributed by atoms with Gasteiger partial charge in [0.25, 0.3) is 0 Å². The van der Waals surface area contributed by atoms with Gasteiger partial charge in [0.1, 0.15) is 0 Å². The third-order valence-electron chi connectivity index (χ3n) is 4.32. The van der Waals surface area contributed by atoms with E-state index in [0.29, 0.717) is 5.41 Å². The minimum Gasteiger partial charge on any atom is -0.301 e. The van der Waals surface area contributed by atoms with E-state index in [0.717, 1.165) is 10.7 Å². The van der Waals surface area contributed by atoms with Crippen LogP contribution < -0.4 is 0 Å². The van der Waals surface area contributed by atoms with Crippen LogP contribution in [0.25, 0.3) is 0 Å². The van der Waals surface area contributed by atoms with Gasteiger partial charge in [-0.15, -0.1) is 0 Å². The fourth-order valence-electron chi connectivity index (χ4n) is 2.93. The van der Waals surface area contributed by atoms with Crippen molar-refractivity contribution in [3.63, 3.8) is 0 Å². The Balaban J connectivity index is 1.86. The molecule has 0 radical (unpaired) electrons. The van der Waals surface area contributed by atoms with Crippen molar-refractivity contribution in [2.75, 3.05) is 19.6 Å². The van der Waals surface area contributed by atoms with Gasteiger partial charge in [-0.3, -0.25) is 0 Å². The summed E-state index contributed by atoms with van der Waals surface area (Å²) in [6, 6.07) is 0. The summed E-state index contributed by atoms with van der Waals surface area (Å²) in [5, 5.41) is 0. The van der Waals surface area contributed by atoms with Gasteiger partial charge in [0.05, 0.1) is 0 Å². The number of halogens is 1. The van der Waals surface area contributed by atoms with E-state index in [4.69, 9.17) is 0 Å². The highest BCUT2D eigenvalue weighted by Gasteiger charge is 2.39. The lowest BCUT2D eigenvalue weighted by molar-refractivity contribution is 0.0720. The molecule has 2 heteroatoms. The lowest BCUT2D eigenvalue weighted by Crippen LogP contribution is -2.41. The van der Waals surface area contributed by atoms with E-state index in [-0.39, 0.29) is 0 Å². The molecule has 0 amide bonds. The molecule has 1 aliphatic carbocycles. The van der Waals surface area contributed by atoms with Gasteiger partial charge < -0.3 is 4.90 Å². The maximum absolute atomic E-state index is 3.77. The van der Waals surface area contributed by atoms with Crippen molar-refractivity contribution in [3.05, 3.63) is 0 Å². The lowest BCUT2D eigenvalue weighted by atomic mass is 9.67. The molecule has 1 nitrogen and oxygen atoms in total. The van der Waals surface area contributed by atoms with Crippen molar-refractivity contribution in [1.29, 1.82) is 0 Å². The Morgan fingerprint density at radius 1 is 1.36 bits per heavy atom. The largest absolute Gasteiger partial charge is 0.301 e. The molecule has 1 aliphatic heterocycles. The van der Waals surface area contributed by atoms with Crippen LogP contribution in [0.5, 0.6) is 0 Å². The molecule has 2 fully saturated rings. The number of rotatable bonds is 3. The number of likely N-dealkylation sites (tertiary alicyclic amines) is 1. The summed E-state index contributed by atoms with van der Waals surface area (Å²) in [5.41, 5.74) is 0.705. The molecule has 0 aromatic rings. The predicted molar refractivity (Wildman–Crippen MR) is 64.9 cm³/mol. The topological polar surface area (TPSA) is 3.24 Å². The molecule has 1 heterocycles. The molecule has 1 saturated carbocycles. The van der Waals surface area contributed by atoms with Gasteiger partial charge in [-0.05, 0) is 30.6 Å². The van der Waals surface area contributed by atoms with Gasteiger partial charge >= 0.3 is 0 Å². The van der Waals surface area contributed by atoms with Gasteiger partial charge in [-0.25, -0.2) is 0 Å². The fraction of sp³-hybridized carbons (Fsp3) is 1.00. The molecule has 0 aromatic heterocycles. The molecule has 0 aromatic carbocycles. The summed E-state index contributed by atoms with van der Waals surface area (Å²) in [7, 11) is 0. The van der Waals surface area contributed by atoms with E-state index in [1.54, 1.807) is 0 Å². The smallest absolute Gasteiger partial charge is 0.0310 e. The summed E-state index contributed by atoms with van der Waals surface area (Å²) in [6.45, 7) is 8.65. The summed E-state index contributed by atoms with van der Waals surface area (Å²) in [5.74, 6) is 0.837. The van der Waals surface area contributed by atoms with Gasteiger partial charge in [-0.1, -0.05) is 36.2 Å². The second-order valence-corrected chi connectivity index (χ2v) is 6.57. The van der Waals surface area contributed by atoms with Gasteiger partial charge in [-0.2, -0.15) is 0 Å². The van der Waals surface area contributed by atoms with E-state index < -0.39 is 0 Å². The molecule has 2 unspecified atom stereocenters. The average molecular weight is 260 g/mol. The monoisotopic (exact) mass is 259 g/mol. The van der Waals surface area contributed by atoms with Crippen LogP contribution >= 0.6 is 15.9 Å². The van der Waals surface area contributed by atoms with E-state index >= 15 is 0 Å². The first-order chi connectivity index (χ1) is 6.65. The average Bonchev–Trinajstić information content (AvgIpc) is 2.39. The first kappa shape index (κ1) is 10.9. The van der Waals surface area contributed by atoms with Crippen LogP contribution in [0, 0.1) is 11.3 Å². The zero-order valence-corrected chi connectivity index (χ0v) is 11.0. The first-order valence-corrected chi connectivity index (χ1v) is 6.93. The zero-order valence-electron chi connectivity index (χ0n) is 9.43. The quantitative estimate of drug-likeness (QED) is 0.704. The molecule has 0 bridgehead atoms. The van der Waals surface area contributed by atoms with Crippen molar-refractivity contribution < 1.29 is 0 Å². The Labute approximate surface area is 96.4 Å². The number of nitrogens with zero attached hydrogens (tertiary/aromatic N) is 1. The highest BCUT2D eigenvalue weighted by atomic mass is 79.9. The first-order valence-electron chi connectivity index (χ1n) is 6.02. The lowest BCUT2D eigenvalue weighted by Gasteiger charge is -2.44. The Morgan fingerprint density at radius 2 is 2.07 bits per heavy atom. The molecule has 1 saturated heterocycles. The van der Waals surface area contributed by atoms with Crippen molar-refractivity contribution in [2.45, 2.75) is 44.4 Å². The molecule has 2 rings (SSSR count). The van der Waals surface area contributed by atoms with E-state index in [9.17, 15) is 0 Å². The molecule has 0 spiro atoms. The van der Waals surface area contributed by atoms with Crippen molar-refractivity contribution in [2.24, 2.45) is 11.3 Å². The fourth-order valence-corrected chi connectivity index (χ4v) is 3.50. The highest BCUT2D eigenvalue weighted by Crippen LogP contribution is 2.45.